The van der Waals surface area contributed by atoms with Gasteiger partial charge in [0, 0.05) is 40.1 Å². The van der Waals surface area contributed by atoms with E-state index in [0.29, 0.717) is 13.0 Å². The summed E-state index contributed by atoms with van der Waals surface area (Å²) >= 11 is 1.70. The number of rotatable bonds is 11. The molecule has 38 heavy (non-hydrogen) atoms. The maximum atomic E-state index is 11.1. The van der Waals surface area contributed by atoms with Gasteiger partial charge in [-0.15, -0.1) is 11.8 Å². The van der Waals surface area contributed by atoms with Crippen LogP contribution in [0.2, 0.25) is 0 Å². The van der Waals surface area contributed by atoms with Crippen molar-refractivity contribution in [3.05, 3.63) is 124 Å². The van der Waals surface area contributed by atoms with Crippen molar-refractivity contribution in [2.75, 3.05) is 17.7 Å². The molecule has 1 N–H and O–H groups in total. The molecule has 2 aromatic rings. The minimum absolute atomic E-state index is 0.150. The van der Waals surface area contributed by atoms with Gasteiger partial charge in [0.15, 0.2) is 0 Å². The van der Waals surface area contributed by atoms with Gasteiger partial charge in [-0.1, -0.05) is 95.0 Å². The average molecular weight is 528 g/mol. The number of aryl methyl sites for hydroxylation is 1. The Hall–Kier alpha value is -3.24. The lowest BCUT2D eigenvalue weighted by atomic mass is 9.76. The van der Waals surface area contributed by atoms with Gasteiger partial charge in [-0.2, -0.15) is 0 Å². The number of aliphatic carboxylic acids is 1. The first kappa shape index (κ1) is 29.3. The number of thioether (sulfide) groups is 1. The van der Waals surface area contributed by atoms with Crippen LogP contribution in [0.15, 0.2) is 108 Å². The van der Waals surface area contributed by atoms with E-state index < -0.39 is 5.97 Å². The molecule has 0 aliphatic carbocycles. The van der Waals surface area contributed by atoms with Crippen LogP contribution in [-0.4, -0.2) is 23.9 Å². The molecular formula is C34H41NO2S. The molecule has 0 spiro atoms. The van der Waals surface area contributed by atoms with Crippen molar-refractivity contribution in [2.45, 2.75) is 58.3 Å². The molecule has 1 heterocycles. The zero-order valence-corrected chi connectivity index (χ0v) is 24.4. The molecule has 3 nitrogen and oxygen atoms in total. The second kappa shape index (κ2) is 12.5. The molecule has 0 amide bonds. The van der Waals surface area contributed by atoms with E-state index in [2.05, 4.69) is 131 Å². The number of carbonyl (C=O) groups is 1. The van der Waals surface area contributed by atoms with Crippen molar-refractivity contribution in [2.24, 2.45) is 0 Å². The maximum Gasteiger partial charge on any atom is 0.303 e. The van der Waals surface area contributed by atoms with Gasteiger partial charge in [0.25, 0.3) is 0 Å². The van der Waals surface area contributed by atoms with E-state index in [1.165, 1.54) is 28.1 Å². The molecule has 0 fully saturated rings. The summed E-state index contributed by atoms with van der Waals surface area (Å²) in [5.74, 6) is -0.755. The summed E-state index contributed by atoms with van der Waals surface area (Å²) in [4.78, 5) is 14.5. The second-order valence-electron chi connectivity index (χ2n) is 10.8. The summed E-state index contributed by atoms with van der Waals surface area (Å²) in [6.07, 6.45) is 15.6. The van der Waals surface area contributed by atoms with E-state index in [-0.39, 0.29) is 17.3 Å². The number of allylic oxidation sites excluding steroid dienone is 8. The summed E-state index contributed by atoms with van der Waals surface area (Å²) < 4.78 is 0. The minimum atomic E-state index is -0.755. The summed E-state index contributed by atoms with van der Waals surface area (Å²) in [6, 6.07) is 16.9. The van der Waals surface area contributed by atoms with E-state index in [9.17, 15) is 4.79 Å². The van der Waals surface area contributed by atoms with Crippen LogP contribution in [0.1, 0.15) is 57.2 Å². The van der Waals surface area contributed by atoms with Gasteiger partial charge in [0.05, 0.1) is 0 Å². The van der Waals surface area contributed by atoms with Crippen molar-refractivity contribution in [3.63, 3.8) is 0 Å². The van der Waals surface area contributed by atoms with E-state index in [1.54, 1.807) is 11.8 Å². The fourth-order valence-electron chi connectivity index (χ4n) is 5.11. The number of nitrogens with zero attached hydrogens (tertiary/aromatic N) is 1. The number of fused-ring (bicyclic) bond motifs is 1. The van der Waals surface area contributed by atoms with Crippen molar-refractivity contribution >= 4 is 23.4 Å². The number of anilines is 1. The molecule has 0 unspecified atom stereocenters. The number of benzene rings is 2. The Labute approximate surface area is 233 Å². The molecule has 0 atom stereocenters. The van der Waals surface area contributed by atoms with E-state index in [1.807, 2.05) is 6.07 Å². The molecule has 0 bridgehead atoms. The third kappa shape index (κ3) is 6.60. The molecule has 200 valence electrons. The van der Waals surface area contributed by atoms with Gasteiger partial charge in [-0.05, 0) is 66.2 Å². The van der Waals surface area contributed by atoms with Gasteiger partial charge in [0.2, 0.25) is 0 Å². The van der Waals surface area contributed by atoms with Crippen LogP contribution < -0.4 is 4.90 Å². The predicted octanol–water partition coefficient (Wildman–Crippen LogP) is 8.73. The monoisotopic (exact) mass is 527 g/mol. The summed E-state index contributed by atoms with van der Waals surface area (Å²) in [5, 5.41) is 9.14. The van der Waals surface area contributed by atoms with Crippen LogP contribution in [0, 0.1) is 6.92 Å². The highest BCUT2D eigenvalue weighted by atomic mass is 32.2. The zero-order valence-electron chi connectivity index (χ0n) is 23.6. The molecule has 0 saturated heterocycles. The Morgan fingerprint density at radius 2 is 1.76 bits per heavy atom. The van der Waals surface area contributed by atoms with Gasteiger partial charge in [-0.3, -0.25) is 4.79 Å². The lowest BCUT2D eigenvalue weighted by Gasteiger charge is -2.28. The molecular weight excluding hydrogens is 486 g/mol. The van der Waals surface area contributed by atoms with Crippen LogP contribution in [0.5, 0.6) is 0 Å². The lowest BCUT2D eigenvalue weighted by Crippen LogP contribution is -2.27. The summed E-state index contributed by atoms with van der Waals surface area (Å²) in [7, 11) is 0. The molecule has 3 rings (SSSR count). The first-order valence-electron chi connectivity index (χ1n) is 13.2. The van der Waals surface area contributed by atoms with Crippen LogP contribution in [0.4, 0.5) is 5.69 Å². The second-order valence-corrected chi connectivity index (χ2v) is 11.7. The van der Waals surface area contributed by atoms with Gasteiger partial charge in [-0.25, -0.2) is 0 Å². The van der Waals surface area contributed by atoms with Crippen molar-refractivity contribution < 1.29 is 9.90 Å². The fourth-order valence-corrected chi connectivity index (χ4v) is 5.54. The highest BCUT2D eigenvalue weighted by Crippen LogP contribution is 2.47. The molecule has 4 heteroatoms. The molecule has 2 aromatic carbocycles. The lowest BCUT2D eigenvalue weighted by molar-refractivity contribution is -0.137. The standard InChI is InChI=1S/C34H41NO2S/c1-25-15-8-9-19-28(25)33(3,4)26(2)16-12-17-27(38-7)18-13-22-31-34(5,6)29-20-10-11-21-30(29)35(31)24-14-23-32(36)37/h8-13,15-22H,2,14,23-24H2,1,3-7H3,(H,36,37)/b16-12+,18-13+,27-17-,31-22+. The summed E-state index contributed by atoms with van der Waals surface area (Å²) in [5.41, 5.74) is 6.95. The highest BCUT2D eigenvalue weighted by Gasteiger charge is 2.39. The molecule has 1 aliphatic rings. The molecule has 0 aromatic heterocycles. The Morgan fingerprint density at radius 1 is 1.08 bits per heavy atom. The van der Waals surface area contributed by atoms with Crippen molar-refractivity contribution in [3.8, 4) is 0 Å². The highest BCUT2D eigenvalue weighted by molar-refractivity contribution is 8.02. The smallest absolute Gasteiger partial charge is 0.303 e. The minimum Gasteiger partial charge on any atom is -0.481 e. The maximum absolute atomic E-state index is 11.1. The SMILES string of the molecule is C=C(/C=C/C=C(/C=C/C=C1/N(CCCC(=O)O)c2ccccc2C1(C)C)SC)C(C)(C)c1ccccc1C. The van der Waals surface area contributed by atoms with Crippen molar-refractivity contribution in [1.82, 2.24) is 0 Å². The topological polar surface area (TPSA) is 40.5 Å². The number of carboxylic acids is 1. The van der Waals surface area contributed by atoms with Crippen molar-refractivity contribution in [1.29, 1.82) is 0 Å². The van der Waals surface area contributed by atoms with Crippen LogP contribution in [0.25, 0.3) is 0 Å². The van der Waals surface area contributed by atoms with Crippen LogP contribution in [-0.2, 0) is 15.6 Å². The number of para-hydroxylation sites is 1. The quantitative estimate of drug-likeness (QED) is 0.297. The first-order chi connectivity index (χ1) is 18.0. The zero-order chi connectivity index (χ0) is 27.9. The normalized spacial score (nSPS) is 16.5. The number of carboxylic acid groups (broad SMARTS) is 1. The van der Waals surface area contributed by atoms with E-state index >= 15 is 0 Å². The third-order valence-corrected chi connectivity index (χ3v) is 8.24. The van der Waals surface area contributed by atoms with E-state index in [0.717, 1.165) is 10.5 Å². The number of hydrogen-bond donors (Lipinski definition) is 1. The molecule has 0 radical (unpaired) electrons. The first-order valence-corrected chi connectivity index (χ1v) is 14.4. The van der Waals surface area contributed by atoms with Crippen LogP contribution in [0.3, 0.4) is 0 Å². The van der Waals surface area contributed by atoms with Crippen LogP contribution >= 0.6 is 11.8 Å². The van der Waals surface area contributed by atoms with Gasteiger partial charge >= 0.3 is 5.97 Å². The Kier molecular flexibility index (Phi) is 9.67. The van der Waals surface area contributed by atoms with E-state index in [4.69, 9.17) is 5.11 Å². The molecule has 0 saturated carbocycles. The molecule has 1 aliphatic heterocycles. The van der Waals surface area contributed by atoms with Gasteiger partial charge < -0.3 is 10.0 Å². The summed E-state index contributed by atoms with van der Waals surface area (Å²) in [6.45, 7) is 16.1. The fraction of sp³-hybridized carbons (Fsp3) is 0.324. The Bertz CT molecular complexity index is 1290. The Morgan fingerprint density at radius 3 is 2.45 bits per heavy atom. The predicted molar refractivity (Wildman–Crippen MR) is 165 cm³/mol. The largest absolute Gasteiger partial charge is 0.481 e. The average Bonchev–Trinajstić information content (AvgIpc) is 3.09. The van der Waals surface area contributed by atoms with Gasteiger partial charge in [0.1, 0.15) is 0 Å². The number of hydrogen-bond acceptors (Lipinski definition) is 3. The Balaban J connectivity index is 1.79. The third-order valence-electron chi connectivity index (χ3n) is 7.50.